The fraction of sp³-hybridized carbons (Fsp3) is 0.375. The number of amides is 2. The lowest BCUT2D eigenvalue weighted by Gasteiger charge is -2.24. The molecule has 2 bridgehead atoms. The summed E-state index contributed by atoms with van der Waals surface area (Å²) in [5, 5.41) is 0. The van der Waals surface area contributed by atoms with Gasteiger partial charge in [0.1, 0.15) is 0 Å². The minimum absolute atomic E-state index is 0.0954. The molecule has 4 heteroatoms. The predicted octanol–water partition coefficient (Wildman–Crippen LogP) is 1.52. The smallest absolute Gasteiger partial charge is 0.236 e. The molecule has 3 aliphatic heterocycles. The zero-order valence-corrected chi connectivity index (χ0v) is 11.2. The van der Waals surface area contributed by atoms with Crippen LogP contribution in [-0.2, 0) is 20.9 Å². The van der Waals surface area contributed by atoms with Crippen LogP contribution in [0.3, 0.4) is 0 Å². The van der Waals surface area contributed by atoms with Crippen molar-refractivity contribution < 1.29 is 14.3 Å². The molecule has 2 amide bonds. The maximum Gasteiger partial charge on any atom is 0.236 e. The van der Waals surface area contributed by atoms with Gasteiger partial charge in [-0.1, -0.05) is 42.5 Å². The molecule has 3 heterocycles. The molecule has 1 aromatic rings. The number of benzene rings is 1. The molecule has 0 aromatic heterocycles. The molecule has 2 saturated heterocycles. The number of hydrogen-bond acceptors (Lipinski definition) is 3. The molecule has 20 heavy (non-hydrogen) atoms. The third-order valence-corrected chi connectivity index (χ3v) is 4.60. The van der Waals surface area contributed by atoms with E-state index in [9.17, 15) is 9.59 Å². The van der Waals surface area contributed by atoms with Crippen LogP contribution < -0.4 is 0 Å². The van der Waals surface area contributed by atoms with Gasteiger partial charge in [-0.3, -0.25) is 14.5 Å². The zero-order chi connectivity index (χ0) is 13.9. The van der Waals surface area contributed by atoms with E-state index in [1.807, 2.05) is 49.4 Å². The number of carbonyl (C=O) groups excluding carboxylic acids is 2. The van der Waals surface area contributed by atoms with Crippen LogP contribution in [-0.4, -0.2) is 28.4 Å². The van der Waals surface area contributed by atoms with Gasteiger partial charge in [0.05, 0.1) is 30.1 Å². The van der Waals surface area contributed by atoms with Crippen molar-refractivity contribution in [3.05, 3.63) is 48.0 Å². The van der Waals surface area contributed by atoms with Gasteiger partial charge in [-0.2, -0.15) is 0 Å². The molecule has 0 radical (unpaired) electrons. The van der Waals surface area contributed by atoms with E-state index in [4.69, 9.17) is 4.74 Å². The monoisotopic (exact) mass is 269 g/mol. The summed E-state index contributed by atoms with van der Waals surface area (Å²) < 4.78 is 5.79. The topological polar surface area (TPSA) is 46.6 Å². The van der Waals surface area contributed by atoms with E-state index >= 15 is 0 Å². The van der Waals surface area contributed by atoms with Gasteiger partial charge >= 0.3 is 0 Å². The number of nitrogens with zero attached hydrogens (tertiary/aromatic N) is 1. The normalized spacial score (nSPS) is 37.9. The highest BCUT2D eigenvalue weighted by molar-refractivity contribution is 6.07. The van der Waals surface area contributed by atoms with Gasteiger partial charge < -0.3 is 4.74 Å². The number of hydrogen-bond donors (Lipinski definition) is 0. The predicted molar refractivity (Wildman–Crippen MR) is 71.4 cm³/mol. The largest absolute Gasteiger partial charge is 0.362 e. The lowest BCUT2D eigenvalue weighted by atomic mass is 9.78. The fourth-order valence-electron chi connectivity index (χ4n) is 3.63. The van der Waals surface area contributed by atoms with Gasteiger partial charge in [-0.05, 0) is 12.5 Å². The average Bonchev–Trinajstić information content (AvgIpc) is 3.04. The highest BCUT2D eigenvalue weighted by atomic mass is 16.5. The first-order valence-electron chi connectivity index (χ1n) is 6.86. The molecule has 1 aromatic carbocycles. The summed E-state index contributed by atoms with van der Waals surface area (Å²) in [6.07, 6.45) is 3.61. The highest BCUT2D eigenvalue weighted by Gasteiger charge is 2.65. The summed E-state index contributed by atoms with van der Waals surface area (Å²) in [4.78, 5) is 26.5. The van der Waals surface area contributed by atoms with Crippen molar-refractivity contribution in [1.82, 2.24) is 4.90 Å². The molecular formula is C16H15NO3. The minimum atomic E-state index is -0.604. The molecule has 0 spiro atoms. The Morgan fingerprint density at radius 1 is 1.20 bits per heavy atom. The van der Waals surface area contributed by atoms with E-state index in [-0.39, 0.29) is 29.8 Å². The summed E-state index contributed by atoms with van der Waals surface area (Å²) in [6.45, 7) is 2.25. The van der Waals surface area contributed by atoms with Crippen molar-refractivity contribution in [2.45, 2.75) is 25.2 Å². The van der Waals surface area contributed by atoms with E-state index in [2.05, 4.69) is 0 Å². The quantitative estimate of drug-likeness (QED) is 0.604. The molecule has 0 saturated carbocycles. The Morgan fingerprint density at radius 3 is 2.65 bits per heavy atom. The fourth-order valence-corrected chi connectivity index (χ4v) is 3.63. The number of rotatable bonds is 2. The minimum Gasteiger partial charge on any atom is -0.362 e. The third-order valence-electron chi connectivity index (χ3n) is 4.60. The Balaban J connectivity index is 1.66. The second kappa shape index (κ2) is 3.79. The van der Waals surface area contributed by atoms with E-state index < -0.39 is 5.60 Å². The van der Waals surface area contributed by atoms with Crippen LogP contribution in [0, 0.1) is 11.8 Å². The van der Waals surface area contributed by atoms with E-state index in [0.717, 1.165) is 5.56 Å². The second-order valence-corrected chi connectivity index (χ2v) is 5.88. The lowest BCUT2D eigenvalue weighted by molar-refractivity contribution is -0.144. The lowest BCUT2D eigenvalue weighted by Crippen LogP contribution is -2.38. The first-order valence-corrected chi connectivity index (χ1v) is 6.86. The Hall–Kier alpha value is -1.94. The van der Waals surface area contributed by atoms with Crippen molar-refractivity contribution >= 4 is 11.8 Å². The Kier molecular flexibility index (Phi) is 2.25. The van der Waals surface area contributed by atoms with E-state index in [0.29, 0.717) is 6.54 Å². The Morgan fingerprint density at radius 2 is 1.95 bits per heavy atom. The van der Waals surface area contributed by atoms with Gasteiger partial charge in [-0.25, -0.2) is 0 Å². The summed E-state index contributed by atoms with van der Waals surface area (Å²) in [7, 11) is 0. The molecular weight excluding hydrogens is 254 g/mol. The molecule has 102 valence electrons. The van der Waals surface area contributed by atoms with Crippen LogP contribution in [0.2, 0.25) is 0 Å². The molecule has 4 nitrogen and oxygen atoms in total. The van der Waals surface area contributed by atoms with Gasteiger partial charge in [0.25, 0.3) is 0 Å². The first kappa shape index (κ1) is 11.9. The van der Waals surface area contributed by atoms with Crippen molar-refractivity contribution in [2.75, 3.05) is 0 Å². The number of likely N-dealkylation sites (tertiary alicyclic amines) is 1. The van der Waals surface area contributed by atoms with Crippen LogP contribution >= 0.6 is 0 Å². The first-order chi connectivity index (χ1) is 9.60. The Bertz CT molecular complexity index is 624. The van der Waals surface area contributed by atoms with Gasteiger partial charge in [0, 0.05) is 0 Å². The van der Waals surface area contributed by atoms with E-state index in [1.54, 1.807) is 0 Å². The summed E-state index contributed by atoms with van der Waals surface area (Å²) in [5.41, 5.74) is 0.369. The van der Waals surface area contributed by atoms with Crippen LogP contribution in [0.5, 0.6) is 0 Å². The number of carbonyl (C=O) groups is 2. The van der Waals surface area contributed by atoms with Crippen molar-refractivity contribution in [1.29, 1.82) is 0 Å². The third kappa shape index (κ3) is 1.40. The van der Waals surface area contributed by atoms with Crippen LogP contribution in [0.4, 0.5) is 0 Å². The molecule has 0 N–H and O–H groups in total. The van der Waals surface area contributed by atoms with E-state index in [1.165, 1.54) is 4.90 Å². The Labute approximate surface area is 117 Å². The van der Waals surface area contributed by atoms with Crippen LogP contribution in [0.15, 0.2) is 42.5 Å². The maximum atomic E-state index is 12.6. The SMILES string of the molecule is C[C@]12C=C[C@@H](O1)[C@@H]1C(=O)N(Cc3ccccc3)C(=O)[C@@H]12. The highest BCUT2D eigenvalue weighted by Crippen LogP contribution is 2.51. The molecule has 4 rings (SSSR count). The van der Waals surface area contributed by atoms with Gasteiger partial charge in [0.2, 0.25) is 11.8 Å². The number of fused-ring (bicyclic) bond motifs is 5. The molecule has 0 unspecified atom stereocenters. The average molecular weight is 269 g/mol. The number of ether oxygens (including phenoxy) is 1. The van der Waals surface area contributed by atoms with Gasteiger partial charge in [-0.15, -0.1) is 0 Å². The molecule has 0 aliphatic carbocycles. The molecule has 2 fully saturated rings. The maximum absolute atomic E-state index is 12.6. The summed E-state index contributed by atoms with van der Waals surface area (Å²) in [6, 6.07) is 9.61. The van der Waals surface area contributed by atoms with Crippen molar-refractivity contribution in [2.24, 2.45) is 11.8 Å². The standard InChI is InChI=1S/C16H15NO3/c1-16-8-7-11(20-16)12-13(16)15(19)17(14(12)18)9-10-5-3-2-4-6-10/h2-8,11-13H,9H2,1H3/t11-,12+,13-,16-/m1/s1. The summed E-state index contributed by atoms with van der Waals surface area (Å²) >= 11 is 0. The van der Waals surface area contributed by atoms with Gasteiger partial charge in [0.15, 0.2) is 0 Å². The summed E-state index contributed by atoms with van der Waals surface area (Å²) in [5.74, 6) is -0.880. The van der Waals surface area contributed by atoms with Crippen molar-refractivity contribution in [3.63, 3.8) is 0 Å². The molecule has 4 atom stereocenters. The molecule has 3 aliphatic rings. The second-order valence-electron chi connectivity index (χ2n) is 5.88. The zero-order valence-electron chi connectivity index (χ0n) is 11.2. The number of imide groups is 1. The van der Waals surface area contributed by atoms with Crippen molar-refractivity contribution in [3.8, 4) is 0 Å². The van der Waals surface area contributed by atoms with Crippen LogP contribution in [0.1, 0.15) is 12.5 Å². The van der Waals surface area contributed by atoms with Crippen LogP contribution in [0.25, 0.3) is 0 Å².